The fourth-order valence-electron chi connectivity index (χ4n) is 2.95. The van der Waals surface area contributed by atoms with Gasteiger partial charge in [-0.1, -0.05) is 13.8 Å². The first-order chi connectivity index (χ1) is 11.5. The molecule has 1 amide bonds. The molecule has 0 saturated heterocycles. The summed E-state index contributed by atoms with van der Waals surface area (Å²) in [4.78, 5) is 12.4. The van der Waals surface area contributed by atoms with Crippen molar-refractivity contribution in [3.63, 3.8) is 0 Å². The van der Waals surface area contributed by atoms with E-state index in [9.17, 15) is 4.79 Å². The highest BCUT2D eigenvalue weighted by Gasteiger charge is 2.22. The smallest absolute Gasteiger partial charge is 0.251 e. The van der Waals surface area contributed by atoms with Gasteiger partial charge in [-0.25, -0.2) is 0 Å². The lowest BCUT2D eigenvalue weighted by Gasteiger charge is -2.26. The van der Waals surface area contributed by atoms with Gasteiger partial charge in [-0.05, 0) is 56.7 Å². The van der Waals surface area contributed by atoms with Crippen LogP contribution in [0.25, 0.3) is 0 Å². The molecule has 0 atom stereocenters. The number of amides is 1. The van der Waals surface area contributed by atoms with Crippen LogP contribution in [0.3, 0.4) is 0 Å². The van der Waals surface area contributed by atoms with E-state index < -0.39 is 0 Å². The maximum absolute atomic E-state index is 12.4. The van der Waals surface area contributed by atoms with Crippen molar-refractivity contribution in [1.29, 1.82) is 0 Å². The Labute approximate surface area is 144 Å². The van der Waals surface area contributed by atoms with E-state index in [2.05, 4.69) is 5.32 Å². The van der Waals surface area contributed by atoms with Crippen molar-refractivity contribution in [2.75, 3.05) is 13.7 Å². The van der Waals surface area contributed by atoms with Gasteiger partial charge in [0.25, 0.3) is 5.91 Å². The molecule has 1 saturated carbocycles. The average molecular weight is 334 g/mol. The minimum Gasteiger partial charge on any atom is -0.493 e. The van der Waals surface area contributed by atoms with Gasteiger partial charge in [0.2, 0.25) is 0 Å². The van der Waals surface area contributed by atoms with Gasteiger partial charge in [0.15, 0.2) is 11.5 Å². The van der Waals surface area contributed by atoms with Gasteiger partial charge in [-0.2, -0.15) is 0 Å². The summed E-state index contributed by atoms with van der Waals surface area (Å²) in [5, 5.41) is 2.92. The Kier molecular flexibility index (Phi) is 6.49. The molecular weight excluding hydrogens is 304 g/mol. The Morgan fingerprint density at radius 1 is 1.25 bits per heavy atom. The Balaban J connectivity index is 2.03. The quantitative estimate of drug-likeness (QED) is 0.765. The van der Waals surface area contributed by atoms with E-state index in [0.29, 0.717) is 23.6 Å². The molecule has 134 valence electrons. The molecule has 0 heterocycles. The zero-order valence-electron chi connectivity index (χ0n) is 15.1. The van der Waals surface area contributed by atoms with E-state index >= 15 is 0 Å². The van der Waals surface area contributed by atoms with Crippen molar-refractivity contribution < 1.29 is 14.3 Å². The van der Waals surface area contributed by atoms with Gasteiger partial charge in [0, 0.05) is 17.6 Å². The number of hydrogen-bond acceptors (Lipinski definition) is 4. The summed E-state index contributed by atoms with van der Waals surface area (Å²) in [6.07, 6.45) is 6.48. The van der Waals surface area contributed by atoms with Crippen LogP contribution in [0, 0.1) is 0 Å². The highest BCUT2D eigenvalue weighted by molar-refractivity contribution is 5.94. The van der Waals surface area contributed by atoms with E-state index in [1.54, 1.807) is 19.2 Å². The van der Waals surface area contributed by atoms with Gasteiger partial charge in [0.1, 0.15) is 0 Å². The lowest BCUT2D eigenvalue weighted by Crippen LogP contribution is -2.49. The van der Waals surface area contributed by atoms with E-state index in [4.69, 9.17) is 15.2 Å². The molecule has 5 nitrogen and oxygen atoms in total. The first-order valence-corrected chi connectivity index (χ1v) is 8.93. The van der Waals surface area contributed by atoms with Crippen molar-refractivity contribution in [2.45, 2.75) is 64.0 Å². The molecule has 0 unspecified atom stereocenters. The van der Waals surface area contributed by atoms with E-state index in [-0.39, 0.29) is 17.6 Å². The van der Waals surface area contributed by atoms with Crippen molar-refractivity contribution in [2.24, 2.45) is 5.73 Å². The summed E-state index contributed by atoms with van der Waals surface area (Å²) in [6, 6.07) is 5.33. The first kappa shape index (κ1) is 18.6. The standard InChI is InChI=1S/C19H30N2O3/c1-4-19(20,5-2)13-21-18(22)14-10-11-16(17(12-14)23-3)24-15-8-6-7-9-15/h10-12,15H,4-9,13,20H2,1-3H3,(H,21,22). The van der Waals surface area contributed by atoms with Gasteiger partial charge in [-0.3, -0.25) is 4.79 Å². The summed E-state index contributed by atoms with van der Waals surface area (Å²) in [6.45, 7) is 4.53. The third-order valence-electron chi connectivity index (χ3n) is 5.03. The third kappa shape index (κ3) is 4.63. The Hall–Kier alpha value is -1.75. The van der Waals surface area contributed by atoms with Crippen molar-refractivity contribution in [3.8, 4) is 11.5 Å². The molecule has 0 aromatic heterocycles. The number of benzene rings is 1. The maximum Gasteiger partial charge on any atom is 0.251 e. The maximum atomic E-state index is 12.4. The van der Waals surface area contributed by atoms with Crippen LogP contribution in [0.1, 0.15) is 62.7 Å². The molecule has 0 aliphatic heterocycles. The van der Waals surface area contributed by atoms with E-state index in [1.165, 1.54) is 12.8 Å². The largest absolute Gasteiger partial charge is 0.493 e. The summed E-state index contributed by atoms with van der Waals surface area (Å²) in [5.41, 5.74) is 6.43. The number of nitrogens with one attached hydrogen (secondary N) is 1. The SMILES string of the molecule is CCC(N)(CC)CNC(=O)c1ccc(OC2CCCC2)c(OC)c1. The molecule has 1 aromatic carbocycles. The van der Waals surface area contributed by atoms with E-state index in [1.807, 2.05) is 19.9 Å². The lowest BCUT2D eigenvalue weighted by atomic mass is 9.94. The predicted octanol–water partition coefficient (Wildman–Crippen LogP) is 3.26. The van der Waals surface area contributed by atoms with Crippen LogP contribution in [-0.4, -0.2) is 31.2 Å². The molecule has 5 heteroatoms. The Bertz CT molecular complexity index is 550. The van der Waals surface area contributed by atoms with Gasteiger partial charge in [-0.15, -0.1) is 0 Å². The van der Waals surface area contributed by atoms with Crippen molar-refractivity contribution in [1.82, 2.24) is 5.32 Å². The molecule has 0 radical (unpaired) electrons. The fraction of sp³-hybridized carbons (Fsp3) is 0.632. The van der Waals surface area contributed by atoms with Crippen LogP contribution in [-0.2, 0) is 0 Å². The summed E-state index contributed by atoms with van der Waals surface area (Å²) in [7, 11) is 1.59. The summed E-state index contributed by atoms with van der Waals surface area (Å²) < 4.78 is 11.4. The first-order valence-electron chi connectivity index (χ1n) is 8.93. The number of nitrogens with two attached hydrogens (primary N) is 1. The predicted molar refractivity (Wildman–Crippen MR) is 95.7 cm³/mol. The lowest BCUT2D eigenvalue weighted by molar-refractivity contribution is 0.0941. The molecule has 24 heavy (non-hydrogen) atoms. The minimum atomic E-state index is -0.356. The number of methoxy groups -OCH3 is 1. The molecule has 0 spiro atoms. The molecule has 1 aromatic rings. The molecule has 1 aliphatic rings. The average Bonchev–Trinajstić information content (AvgIpc) is 3.12. The second-order valence-electron chi connectivity index (χ2n) is 6.64. The number of rotatable bonds is 8. The van der Waals surface area contributed by atoms with Crippen LogP contribution in [0.2, 0.25) is 0 Å². The summed E-state index contributed by atoms with van der Waals surface area (Å²) >= 11 is 0. The van der Waals surface area contributed by atoms with Crippen LogP contribution < -0.4 is 20.5 Å². The molecule has 2 rings (SSSR count). The van der Waals surface area contributed by atoms with Gasteiger partial charge in [0.05, 0.1) is 13.2 Å². The van der Waals surface area contributed by atoms with Crippen LogP contribution in [0.5, 0.6) is 11.5 Å². The number of carbonyl (C=O) groups is 1. The number of hydrogen-bond donors (Lipinski definition) is 2. The van der Waals surface area contributed by atoms with Crippen LogP contribution in [0.4, 0.5) is 0 Å². The van der Waals surface area contributed by atoms with Crippen molar-refractivity contribution >= 4 is 5.91 Å². The van der Waals surface area contributed by atoms with E-state index in [0.717, 1.165) is 25.7 Å². The van der Waals surface area contributed by atoms with Gasteiger partial charge < -0.3 is 20.5 Å². The Morgan fingerprint density at radius 2 is 1.92 bits per heavy atom. The monoisotopic (exact) mass is 334 g/mol. The molecule has 1 aliphatic carbocycles. The molecule has 0 bridgehead atoms. The van der Waals surface area contributed by atoms with Crippen LogP contribution >= 0.6 is 0 Å². The topological polar surface area (TPSA) is 73.6 Å². The fourth-order valence-corrected chi connectivity index (χ4v) is 2.95. The van der Waals surface area contributed by atoms with Gasteiger partial charge >= 0.3 is 0 Å². The highest BCUT2D eigenvalue weighted by Crippen LogP contribution is 2.32. The number of carbonyl (C=O) groups excluding carboxylic acids is 1. The minimum absolute atomic E-state index is 0.141. The Morgan fingerprint density at radius 3 is 2.50 bits per heavy atom. The molecular formula is C19H30N2O3. The van der Waals surface area contributed by atoms with Crippen LogP contribution in [0.15, 0.2) is 18.2 Å². The molecule has 1 fully saturated rings. The molecule has 3 N–H and O–H groups in total. The second-order valence-corrected chi connectivity index (χ2v) is 6.64. The van der Waals surface area contributed by atoms with Crippen molar-refractivity contribution in [3.05, 3.63) is 23.8 Å². The highest BCUT2D eigenvalue weighted by atomic mass is 16.5. The summed E-state index contributed by atoms with van der Waals surface area (Å²) in [5.74, 6) is 1.16. The zero-order valence-corrected chi connectivity index (χ0v) is 15.1. The zero-order chi connectivity index (χ0) is 17.6. The second kappa shape index (κ2) is 8.38. The normalized spacial score (nSPS) is 15.3. The number of ether oxygens (including phenoxy) is 2. The third-order valence-corrected chi connectivity index (χ3v) is 5.03.